The second-order valence-electron chi connectivity index (χ2n) is 8.04. The monoisotopic (exact) mass is 468 g/mol. The van der Waals surface area contributed by atoms with Crippen molar-refractivity contribution in [3.63, 3.8) is 0 Å². The molecular formula is C26H23F3N2O3. The summed E-state index contributed by atoms with van der Waals surface area (Å²) in [6.45, 7) is 0.963. The number of likely N-dealkylation sites (tertiary alicyclic amines) is 1. The molecule has 8 heteroatoms. The molecule has 1 heterocycles. The predicted octanol–water partition coefficient (Wildman–Crippen LogP) is 5.99. The molecule has 0 spiro atoms. The van der Waals surface area contributed by atoms with Crippen LogP contribution in [0.15, 0.2) is 78.9 Å². The van der Waals surface area contributed by atoms with Crippen LogP contribution in [0.5, 0.6) is 11.5 Å². The molecular weight excluding hydrogens is 445 g/mol. The van der Waals surface area contributed by atoms with Gasteiger partial charge in [-0.05, 0) is 61.4 Å². The maximum atomic E-state index is 12.9. The summed E-state index contributed by atoms with van der Waals surface area (Å²) in [5.41, 5.74) is 0.286. The fourth-order valence-corrected chi connectivity index (χ4v) is 3.84. The predicted molar refractivity (Wildman–Crippen MR) is 122 cm³/mol. The summed E-state index contributed by atoms with van der Waals surface area (Å²) in [7, 11) is 0. The van der Waals surface area contributed by atoms with E-state index >= 15 is 0 Å². The lowest BCUT2D eigenvalue weighted by molar-refractivity contribution is -0.137. The van der Waals surface area contributed by atoms with Crippen molar-refractivity contribution in [1.29, 1.82) is 0 Å². The molecule has 1 N–H and O–H groups in total. The van der Waals surface area contributed by atoms with E-state index in [9.17, 15) is 22.8 Å². The highest BCUT2D eigenvalue weighted by Crippen LogP contribution is 2.34. The first-order valence-electron chi connectivity index (χ1n) is 10.9. The number of anilines is 1. The zero-order valence-corrected chi connectivity index (χ0v) is 18.2. The van der Waals surface area contributed by atoms with Gasteiger partial charge < -0.3 is 15.0 Å². The maximum absolute atomic E-state index is 12.9. The van der Waals surface area contributed by atoms with E-state index in [-0.39, 0.29) is 23.5 Å². The first kappa shape index (κ1) is 23.4. The Kier molecular flexibility index (Phi) is 6.86. The van der Waals surface area contributed by atoms with E-state index in [0.29, 0.717) is 42.9 Å². The number of hydrogen-bond acceptors (Lipinski definition) is 3. The fraction of sp³-hybridized carbons (Fsp3) is 0.231. The minimum Gasteiger partial charge on any atom is -0.455 e. The van der Waals surface area contributed by atoms with E-state index in [2.05, 4.69) is 5.32 Å². The summed E-state index contributed by atoms with van der Waals surface area (Å²) < 4.78 is 44.1. The molecule has 1 aliphatic rings. The van der Waals surface area contributed by atoms with Gasteiger partial charge in [0.05, 0.1) is 11.3 Å². The number of amides is 2. The van der Waals surface area contributed by atoms with Crippen LogP contribution in [0.3, 0.4) is 0 Å². The van der Waals surface area contributed by atoms with Gasteiger partial charge in [0, 0.05) is 24.6 Å². The molecule has 0 radical (unpaired) electrons. The number of halogens is 3. The van der Waals surface area contributed by atoms with Crippen molar-refractivity contribution in [3.05, 3.63) is 90.0 Å². The number of benzene rings is 3. The zero-order valence-electron chi connectivity index (χ0n) is 18.2. The summed E-state index contributed by atoms with van der Waals surface area (Å²) in [6, 6.07) is 20.1. The largest absolute Gasteiger partial charge is 0.455 e. The number of nitrogens with one attached hydrogen (secondary N) is 1. The molecule has 0 atom stereocenters. The van der Waals surface area contributed by atoms with Crippen molar-refractivity contribution in [2.24, 2.45) is 5.92 Å². The molecule has 3 aromatic carbocycles. The van der Waals surface area contributed by atoms with E-state index in [4.69, 9.17) is 4.74 Å². The van der Waals surface area contributed by atoms with Gasteiger partial charge >= 0.3 is 6.18 Å². The highest BCUT2D eigenvalue weighted by atomic mass is 19.4. The van der Waals surface area contributed by atoms with Gasteiger partial charge in [0.15, 0.2) is 5.75 Å². The summed E-state index contributed by atoms with van der Waals surface area (Å²) in [5, 5.41) is 2.86. The van der Waals surface area contributed by atoms with E-state index in [1.165, 1.54) is 12.1 Å². The Bertz CT molecular complexity index is 1140. The molecule has 0 aliphatic carbocycles. The Balaban J connectivity index is 1.36. The average Bonchev–Trinajstić information content (AvgIpc) is 2.85. The zero-order chi connectivity index (χ0) is 24.1. The third kappa shape index (κ3) is 5.57. The van der Waals surface area contributed by atoms with E-state index < -0.39 is 11.7 Å². The Morgan fingerprint density at radius 1 is 0.853 bits per heavy atom. The SMILES string of the molecule is O=C(Nc1ccccc1Oc1ccc(C(F)(F)F)cc1)C1CCN(C(=O)c2ccccc2)CC1. The molecule has 34 heavy (non-hydrogen) atoms. The van der Waals surface area contributed by atoms with Gasteiger partial charge in [-0.25, -0.2) is 0 Å². The minimum absolute atomic E-state index is 0.0465. The van der Waals surface area contributed by atoms with E-state index in [1.54, 1.807) is 41.3 Å². The summed E-state index contributed by atoms with van der Waals surface area (Å²) in [5.74, 6) is 0.0544. The molecule has 1 aliphatic heterocycles. The van der Waals surface area contributed by atoms with Gasteiger partial charge in [-0.3, -0.25) is 9.59 Å². The summed E-state index contributed by atoms with van der Waals surface area (Å²) in [6.07, 6.45) is -3.36. The lowest BCUT2D eigenvalue weighted by atomic mass is 9.95. The standard InChI is InChI=1S/C26H23F3N2O3/c27-26(28,29)20-10-12-21(13-11-20)34-23-9-5-4-8-22(23)30-24(32)18-14-16-31(17-15-18)25(33)19-6-2-1-3-7-19/h1-13,18H,14-17H2,(H,30,32). The Hall–Kier alpha value is -3.81. The number of nitrogens with zero attached hydrogens (tertiary/aromatic N) is 1. The highest BCUT2D eigenvalue weighted by molar-refractivity contribution is 5.96. The van der Waals surface area contributed by atoms with Crippen molar-refractivity contribution in [2.45, 2.75) is 19.0 Å². The van der Waals surface area contributed by atoms with Gasteiger partial charge in [0.25, 0.3) is 5.91 Å². The maximum Gasteiger partial charge on any atom is 0.416 e. The molecule has 0 bridgehead atoms. The van der Waals surface area contributed by atoms with Gasteiger partial charge in [-0.1, -0.05) is 30.3 Å². The van der Waals surface area contributed by atoms with Crippen LogP contribution >= 0.6 is 0 Å². The summed E-state index contributed by atoms with van der Waals surface area (Å²) >= 11 is 0. The minimum atomic E-state index is -4.42. The summed E-state index contributed by atoms with van der Waals surface area (Å²) in [4.78, 5) is 27.2. The lowest BCUT2D eigenvalue weighted by Gasteiger charge is -2.31. The third-order valence-electron chi connectivity index (χ3n) is 5.73. The first-order chi connectivity index (χ1) is 16.3. The number of rotatable bonds is 5. The lowest BCUT2D eigenvalue weighted by Crippen LogP contribution is -2.41. The Labute approximate surface area is 195 Å². The van der Waals surface area contributed by atoms with Crippen LogP contribution in [-0.4, -0.2) is 29.8 Å². The number of piperidine rings is 1. The van der Waals surface area contributed by atoms with Crippen molar-refractivity contribution in [3.8, 4) is 11.5 Å². The molecule has 0 unspecified atom stereocenters. The van der Waals surface area contributed by atoms with Gasteiger partial charge in [-0.15, -0.1) is 0 Å². The highest BCUT2D eigenvalue weighted by Gasteiger charge is 2.30. The number of carbonyl (C=O) groups excluding carboxylic acids is 2. The number of alkyl halides is 3. The molecule has 3 aromatic rings. The normalized spacial score (nSPS) is 14.5. The molecule has 2 amide bonds. The Morgan fingerprint density at radius 2 is 1.47 bits per heavy atom. The first-order valence-corrected chi connectivity index (χ1v) is 10.9. The van der Waals surface area contributed by atoms with Crippen molar-refractivity contribution >= 4 is 17.5 Å². The second-order valence-corrected chi connectivity index (χ2v) is 8.04. The second kappa shape index (κ2) is 9.99. The van der Waals surface area contributed by atoms with Crippen molar-refractivity contribution in [1.82, 2.24) is 4.90 Å². The molecule has 5 nitrogen and oxygen atoms in total. The molecule has 1 saturated heterocycles. The van der Waals surface area contributed by atoms with Gasteiger partial charge in [0.2, 0.25) is 5.91 Å². The van der Waals surface area contributed by atoms with Crippen molar-refractivity contribution < 1.29 is 27.5 Å². The van der Waals surface area contributed by atoms with Crippen LogP contribution < -0.4 is 10.1 Å². The quantitative estimate of drug-likeness (QED) is 0.501. The van der Waals surface area contributed by atoms with Crippen LogP contribution in [0, 0.1) is 5.92 Å². The number of para-hydroxylation sites is 2. The average molecular weight is 468 g/mol. The molecule has 0 saturated carbocycles. The molecule has 0 aromatic heterocycles. The molecule has 4 rings (SSSR count). The third-order valence-corrected chi connectivity index (χ3v) is 5.73. The van der Waals surface area contributed by atoms with Crippen LogP contribution in [0.1, 0.15) is 28.8 Å². The van der Waals surface area contributed by atoms with Crippen molar-refractivity contribution in [2.75, 3.05) is 18.4 Å². The van der Waals surface area contributed by atoms with Crippen LogP contribution in [0.2, 0.25) is 0 Å². The van der Waals surface area contributed by atoms with Crippen LogP contribution in [0.25, 0.3) is 0 Å². The van der Waals surface area contributed by atoms with Crippen LogP contribution in [-0.2, 0) is 11.0 Å². The fourth-order valence-electron chi connectivity index (χ4n) is 3.84. The van der Waals surface area contributed by atoms with Crippen LogP contribution in [0.4, 0.5) is 18.9 Å². The Morgan fingerprint density at radius 3 is 2.12 bits per heavy atom. The molecule has 1 fully saturated rings. The van der Waals surface area contributed by atoms with E-state index in [0.717, 1.165) is 12.1 Å². The number of carbonyl (C=O) groups is 2. The number of hydrogen-bond donors (Lipinski definition) is 1. The van der Waals surface area contributed by atoms with Gasteiger partial charge in [0.1, 0.15) is 5.75 Å². The topological polar surface area (TPSA) is 58.6 Å². The smallest absolute Gasteiger partial charge is 0.416 e. The molecule has 176 valence electrons. The number of ether oxygens (including phenoxy) is 1. The van der Waals surface area contributed by atoms with Gasteiger partial charge in [-0.2, -0.15) is 13.2 Å². The van der Waals surface area contributed by atoms with E-state index in [1.807, 2.05) is 18.2 Å².